The number of nitrogens with zero attached hydrogens (tertiary/aromatic N) is 2. The molecule has 5 heteroatoms. The van der Waals surface area contributed by atoms with Gasteiger partial charge in [0, 0.05) is 31.7 Å². The van der Waals surface area contributed by atoms with Gasteiger partial charge in [-0.3, -0.25) is 0 Å². The van der Waals surface area contributed by atoms with Crippen molar-refractivity contribution in [3.63, 3.8) is 0 Å². The lowest BCUT2D eigenvalue weighted by Gasteiger charge is -2.25. The van der Waals surface area contributed by atoms with Crippen LogP contribution >= 0.6 is 0 Å². The number of aliphatic imine (C=N–C) groups is 1. The Hall–Kier alpha value is -2.27. The summed E-state index contributed by atoms with van der Waals surface area (Å²) >= 11 is 0. The van der Waals surface area contributed by atoms with E-state index in [1.807, 2.05) is 6.07 Å². The third kappa shape index (κ3) is 3.88. The molecule has 0 amide bonds. The SMILES string of the molecule is CCNC(=NCc1ccc2cc(OC)ccc2c1)N1CCC2(CCOC2)C1. The van der Waals surface area contributed by atoms with E-state index in [1.54, 1.807) is 7.11 Å². The molecule has 1 atom stereocenters. The minimum absolute atomic E-state index is 0.345. The van der Waals surface area contributed by atoms with Gasteiger partial charge in [-0.1, -0.05) is 18.2 Å². The third-order valence-corrected chi connectivity index (χ3v) is 5.78. The Kier molecular flexibility index (Phi) is 5.21. The molecule has 2 heterocycles. The Morgan fingerprint density at radius 2 is 2.07 bits per heavy atom. The molecule has 1 unspecified atom stereocenters. The molecule has 27 heavy (non-hydrogen) atoms. The minimum atomic E-state index is 0.345. The summed E-state index contributed by atoms with van der Waals surface area (Å²) in [4.78, 5) is 7.33. The van der Waals surface area contributed by atoms with Crippen LogP contribution in [0.15, 0.2) is 41.4 Å². The molecule has 0 aliphatic carbocycles. The maximum atomic E-state index is 5.66. The molecular weight excluding hydrogens is 338 g/mol. The normalized spacial score (nSPS) is 22.7. The summed E-state index contributed by atoms with van der Waals surface area (Å²) in [5.41, 5.74) is 1.57. The minimum Gasteiger partial charge on any atom is -0.497 e. The van der Waals surface area contributed by atoms with Gasteiger partial charge < -0.3 is 19.7 Å². The lowest BCUT2D eigenvalue weighted by Crippen LogP contribution is -2.41. The second kappa shape index (κ2) is 7.77. The number of guanidine groups is 1. The van der Waals surface area contributed by atoms with Gasteiger partial charge in [-0.15, -0.1) is 0 Å². The first-order chi connectivity index (χ1) is 13.2. The quantitative estimate of drug-likeness (QED) is 0.664. The van der Waals surface area contributed by atoms with E-state index < -0.39 is 0 Å². The molecule has 1 spiro atoms. The molecule has 0 saturated carbocycles. The van der Waals surface area contributed by atoms with E-state index in [-0.39, 0.29) is 0 Å². The number of rotatable bonds is 4. The Morgan fingerprint density at radius 1 is 1.22 bits per heavy atom. The predicted octanol–water partition coefficient (Wildman–Crippen LogP) is 3.43. The molecule has 2 saturated heterocycles. The smallest absolute Gasteiger partial charge is 0.194 e. The molecule has 0 radical (unpaired) electrons. The van der Waals surface area contributed by atoms with Gasteiger partial charge in [-0.05, 0) is 54.3 Å². The average molecular weight is 367 g/mol. The lowest BCUT2D eigenvalue weighted by molar-refractivity contribution is 0.156. The molecule has 2 aromatic rings. The molecule has 5 nitrogen and oxygen atoms in total. The van der Waals surface area contributed by atoms with Crippen LogP contribution in [0.5, 0.6) is 5.75 Å². The summed E-state index contributed by atoms with van der Waals surface area (Å²) in [7, 11) is 1.70. The second-order valence-corrected chi connectivity index (χ2v) is 7.69. The number of methoxy groups -OCH3 is 1. The highest BCUT2D eigenvalue weighted by Gasteiger charge is 2.42. The molecule has 4 rings (SSSR count). The molecule has 144 valence electrons. The first-order valence-electron chi connectivity index (χ1n) is 9.89. The number of nitrogens with one attached hydrogen (secondary N) is 1. The van der Waals surface area contributed by atoms with E-state index in [2.05, 4.69) is 47.5 Å². The van der Waals surface area contributed by atoms with Crippen molar-refractivity contribution in [3.8, 4) is 5.75 Å². The van der Waals surface area contributed by atoms with Gasteiger partial charge in [0.05, 0.1) is 20.3 Å². The number of benzene rings is 2. The first-order valence-corrected chi connectivity index (χ1v) is 9.89. The van der Waals surface area contributed by atoms with Crippen LogP contribution in [0.1, 0.15) is 25.3 Å². The van der Waals surface area contributed by atoms with E-state index in [4.69, 9.17) is 14.5 Å². The molecule has 2 aromatic carbocycles. The molecule has 1 N–H and O–H groups in total. The topological polar surface area (TPSA) is 46.1 Å². The highest BCUT2D eigenvalue weighted by Crippen LogP contribution is 2.38. The van der Waals surface area contributed by atoms with Crippen LogP contribution in [-0.2, 0) is 11.3 Å². The molecule has 2 fully saturated rings. The summed E-state index contributed by atoms with van der Waals surface area (Å²) < 4.78 is 11.0. The highest BCUT2D eigenvalue weighted by atomic mass is 16.5. The van der Waals surface area contributed by atoms with E-state index in [0.29, 0.717) is 12.0 Å². The average Bonchev–Trinajstić information content (AvgIpc) is 3.34. The van der Waals surface area contributed by atoms with Crippen molar-refractivity contribution in [2.75, 3.05) is 40.0 Å². The Bertz CT molecular complexity index is 827. The fourth-order valence-corrected chi connectivity index (χ4v) is 4.18. The highest BCUT2D eigenvalue weighted by molar-refractivity contribution is 5.85. The van der Waals surface area contributed by atoms with Crippen LogP contribution in [0, 0.1) is 5.41 Å². The van der Waals surface area contributed by atoms with Crippen LogP contribution in [0.4, 0.5) is 0 Å². The number of hydrogen-bond acceptors (Lipinski definition) is 3. The van der Waals surface area contributed by atoms with Crippen molar-refractivity contribution in [2.45, 2.75) is 26.3 Å². The number of ether oxygens (including phenoxy) is 2. The summed E-state index contributed by atoms with van der Waals surface area (Å²) in [5, 5.41) is 5.88. The van der Waals surface area contributed by atoms with Gasteiger partial charge in [-0.25, -0.2) is 4.99 Å². The van der Waals surface area contributed by atoms with Crippen molar-refractivity contribution in [2.24, 2.45) is 10.4 Å². The molecule has 2 aliphatic rings. The van der Waals surface area contributed by atoms with Crippen molar-refractivity contribution >= 4 is 16.7 Å². The van der Waals surface area contributed by atoms with Gasteiger partial charge >= 0.3 is 0 Å². The predicted molar refractivity (Wildman–Crippen MR) is 109 cm³/mol. The van der Waals surface area contributed by atoms with Crippen molar-refractivity contribution < 1.29 is 9.47 Å². The summed E-state index contributed by atoms with van der Waals surface area (Å²) in [6.07, 6.45) is 2.38. The van der Waals surface area contributed by atoms with Crippen LogP contribution in [0.25, 0.3) is 10.8 Å². The summed E-state index contributed by atoms with van der Waals surface area (Å²) in [6.45, 7) is 7.62. The molecule has 2 aliphatic heterocycles. The van der Waals surface area contributed by atoms with Crippen molar-refractivity contribution in [1.29, 1.82) is 0 Å². The fourth-order valence-electron chi connectivity index (χ4n) is 4.18. The lowest BCUT2D eigenvalue weighted by atomic mass is 9.87. The zero-order valence-corrected chi connectivity index (χ0v) is 16.3. The van der Waals surface area contributed by atoms with Gasteiger partial charge in [0.2, 0.25) is 0 Å². The number of hydrogen-bond donors (Lipinski definition) is 1. The van der Waals surface area contributed by atoms with Crippen LogP contribution < -0.4 is 10.1 Å². The van der Waals surface area contributed by atoms with E-state index in [0.717, 1.165) is 44.6 Å². The zero-order chi connectivity index (χ0) is 18.7. The van der Waals surface area contributed by atoms with E-state index in [9.17, 15) is 0 Å². The summed E-state index contributed by atoms with van der Waals surface area (Å²) in [5.74, 6) is 1.91. The van der Waals surface area contributed by atoms with Gasteiger partial charge in [0.15, 0.2) is 5.96 Å². The maximum Gasteiger partial charge on any atom is 0.194 e. The maximum absolute atomic E-state index is 5.66. The molecular formula is C22H29N3O2. The Balaban J connectivity index is 1.49. The van der Waals surface area contributed by atoms with Crippen LogP contribution in [0.3, 0.4) is 0 Å². The summed E-state index contributed by atoms with van der Waals surface area (Å²) in [6, 6.07) is 12.7. The van der Waals surface area contributed by atoms with Crippen LogP contribution in [-0.4, -0.2) is 50.8 Å². The Morgan fingerprint density at radius 3 is 2.85 bits per heavy atom. The first kappa shape index (κ1) is 18.1. The Labute approximate surface area is 161 Å². The van der Waals surface area contributed by atoms with E-state index in [1.165, 1.54) is 29.2 Å². The standard InChI is InChI=1S/C22H29N3O2/c1-3-23-21(25-10-8-22(15-25)9-11-27-16-22)24-14-17-4-5-19-13-20(26-2)7-6-18(19)12-17/h4-7,12-13H,3,8-11,14-16H2,1-2H3,(H,23,24). The number of fused-ring (bicyclic) bond motifs is 1. The number of likely N-dealkylation sites (tertiary alicyclic amines) is 1. The molecule has 0 bridgehead atoms. The fraction of sp³-hybridized carbons (Fsp3) is 0.500. The second-order valence-electron chi connectivity index (χ2n) is 7.69. The largest absolute Gasteiger partial charge is 0.497 e. The van der Waals surface area contributed by atoms with E-state index >= 15 is 0 Å². The van der Waals surface area contributed by atoms with Gasteiger partial charge in [0.25, 0.3) is 0 Å². The van der Waals surface area contributed by atoms with Crippen molar-refractivity contribution in [1.82, 2.24) is 10.2 Å². The van der Waals surface area contributed by atoms with Gasteiger partial charge in [-0.2, -0.15) is 0 Å². The third-order valence-electron chi connectivity index (χ3n) is 5.78. The van der Waals surface area contributed by atoms with Crippen LogP contribution in [0.2, 0.25) is 0 Å². The van der Waals surface area contributed by atoms with Gasteiger partial charge in [0.1, 0.15) is 5.75 Å². The monoisotopic (exact) mass is 367 g/mol. The van der Waals surface area contributed by atoms with Crippen molar-refractivity contribution in [3.05, 3.63) is 42.0 Å². The zero-order valence-electron chi connectivity index (χ0n) is 16.3. The molecule has 0 aromatic heterocycles.